The molecule has 74 valence electrons. The van der Waals surface area contributed by atoms with E-state index in [0.717, 1.165) is 0 Å². The molecule has 14 heavy (non-hydrogen) atoms. The molecule has 2 atom stereocenters. The maximum absolute atomic E-state index is 11.6. The van der Waals surface area contributed by atoms with Gasteiger partial charge in [-0.2, -0.15) is 0 Å². The Morgan fingerprint density at radius 2 is 1.93 bits per heavy atom. The summed E-state index contributed by atoms with van der Waals surface area (Å²) in [4.78, 5) is 24.5. The summed E-state index contributed by atoms with van der Waals surface area (Å²) in [6.07, 6.45) is 6.00. The zero-order chi connectivity index (χ0) is 10.1. The van der Waals surface area contributed by atoms with Crippen LogP contribution >= 0.6 is 0 Å². The lowest BCUT2D eigenvalue weighted by Gasteiger charge is -2.29. The molecule has 0 aromatic heterocycles. The average molecular weight is 193 g/mol. The summed E-state index contributed by atoms with van der Waals surface area (Å²) in [5.74, 6) is 1.97. The van der Waals surface area contributed by atoms with Gasteiger partial charge in [0.15, 0.2) is 0 Å². The summed E-state index contributed by atoms with van der Waals surface area (Å²) in [6, 6.07) is 0. The van der Waals surface area contributed by atoms with Crippen LogP contribution in [0.1, 0.15) is 19.3 Å². The largest absolute Gasteiger partial charge is 0.355 e. The van der Waals surface area contributed by atoms with Crippen LogP contribution in [0.5, 0.6) is 0 Å². The van der Waals surface area contributed by atoms with E-state index in [1.54, 1.807) is 0 Å². The van der Waals surface area contributed by atoms with E-state index in [4.69, 9.17) is 11.2 Å². The molecule has 2 heterocycles. The van der Waals surface area contributed by atoms with Crippen molar-refractivity contribution in [2.75, 3.05) is 6.54 Å². The van der Waals surface area contributed by atoms with Crippen molar-refractivity contribution in [3.05, 3.63) is 0 Å². The highest BCUT2D eigenvalue weighted by atomic mass is 16.5. The minimum absolute atomic E-state index is 0.223. The van der Waals surface area contributed by atoms with Gasteiger partial charge in [-0.3, -0.25) is 14.5 Å². The molecule has 2 aliphatic heterocycles. The first kappa shape index (κ1) is 9.22. The fourth-order valence-electron chi connectivity index (χ4n) is 1.85. The van der Waals surface area contributed by atoms with E-state index < -0.39 is 12.2 Å². The van der Waals surface area contributed by atoms with Crippen molar-refractivity contribution in [1.29, 1.82) is 0 Å². The number of carbonyl (C=O) groups excluding carboxylic acids is 2. The molecule has 0 radical (unpaired) electrons. The van der Waals surface area contributed by atoms with Gasteiger partial charge in [-0.1, -0.05) is 0 Å². The number of likely N-dealkylation sites (tertiary alicyclic amines) is 1. The Kier molecular flexibility index (Phi) is 2.26. The van der Waals surface area contributed by atoms with Crippen LogP contribution < -0.4 is 0 Å². The van der Waals surface area contributed by atoms with E-state index in [1.165, 1.54) is 4.90 Å². The highest BCUT2D eigenvalue weighted by Crippen LogP contribution is 2.28. The van der Waals surface area contributed by atoms with Gasteiger partial charge in [0, 0.05) is 13.0 Å². The van der Waals surface area contributed by atoms with Crippen molar-refractivity contribution < 1.29 is 14.3 Å². The van der Waals surface area contributed by atoms with Crippen LogP contribution in [-0.4, -0.2) is 35.5 Å². The van der Waals surface area contributed by atoms with E-state index in [-0.39, 0.29) is 11.8 Å². The van der Waals surface area contributed by atoms with Crippen molar-refractivity contribution in [2.24, 2.45) is 0 Å². The Hall–Kier alpha value is -1.34. The van der Waals surface area contributed by atoms with Gasteiger partial charge in [0.2, 0.25) is 0 Å². The molecule has 4 nitrogen and oxygen atoms in total. The third kappa shape index (κ3) is 1.30. The summed E-state index contributed by atoms with van der Waals surface area (Å²) in [5.41, 5.74) is 0. The number of fused-ring (bicyclic) bond motifs is 2. The minimum atomic E-state index is -0.407. The van der Waals surface area contributed by atoms with Gasteiger partial charge in [-0.25, -0.2) is 0 Å². The number of carbonyl (C=O) groups is 2. The average Bonchev–Trinajstić information content (AvgIpc) is 2.62. The summed E-state index contributed by atoms with van der Waals surface area (Å²) >= 11 is 0. The van der Waals surface area contributed by atoms with E-state index >= 15 is 0 Å². The SMILES string of the molecule is C#CCCN1C(=O)C2CCC(O2)C1=O. The van der Waals surface area contributed by atoms with Gasteiger partial charge >= 0.3 is 0 Å². The predicted octanol–water partition coefficient (Wildman–Crippen LogP) is -0.0739. The maximum Gasteiger partial charge on any atom is 0.258 e. The van der Waals surface area contributed by atoms with Gasteiger partial charge in [-0.15, -0.1) is 12.3 Å². The molecule has 2 unspecified atom stereocenters. The van der Waals surface area contributed by atoms with E-state index in [0.29, 0.717) is 25.8 Å². The normalized spacial score (nSPS) is 30.6. The molecule has 2 fully saturated rings. The summed E-state index contributed by atoms with van der Waals surface area (Å²) in [7, 11) is 0. The van der Waals surface area contributed by atoms with Crippen molar-refractivity contribution in [3.63, 3.8) is 0 Å². The molecule has 2 bridgehead atoms. The van der Waals surface area contributed by atoms with Gasteiger partial charge in [0.1, 0.15) is 12.2 Å². The lowest BCUT2D eigenvalue weighted by atomic mass is 10.2. The lowest BCUT2D eigenvalue weighted by Crippen LogP contribution is -2.51. The Morgan fingerprint density at radius 1 is 1.36 bits per heavy atom. The lowest BCUT2D eigenvalue weighted by molar-refractivity contribution is -0.168. The van der Waals surface area contributed by atoms with E-state index in [2.05, 4.69) is 5.92 Å². The number of ether oxygens (including phenoxy) is 1. The highest BCUT2D eigenvalue weighted by Gasteiger charge is 2.45. The van der Waals surface area contributed by atoms with Crippen LogP contribution in [0.15, 0.2) is 0 Å². The summed E-state index contributed by atoms with van der Waals surface area (Å²) in [6.45, 7) is 0.324. The fraction of sp³-hybridized carbons (Fsp3) is 0.600. The van der Waals surface area contributed by atoms with E-state index in [9.17, 15) is 9.59 Å². The third-order valence-corrected chi connectivity index (χ3v) is 2.58. The smallest absolute Gasteiger partial charge is 0.258 e. The van der Waals surface area contributed by atoms with Crippen LogP contribution in [0, 0.1) is 12.3 Å². The number of morpholine rings is 1. The molecule has 2 aliphatic rings. The molecule has 2 rings (SSSR count). The molecule has 0 saturated carbocycles. The molecule has 0 aromatic rings. The molecule has 0 aliphatic carbocycles. The molecule has 2 amide bonds. The zero-order valence-corrected chi connectivity index (χ0v) is 7.73. The number of rotatable bonds is 2. The number of imide groups is 1. The number of hydrogen-bond donors (Lipinski definition) is 0. The minimum Gasteiger partial charge on any atom is -0.355 e. The topological polar surface area (TPSA) is 46.6 Å². The molecular formula is C10H11NO3. The first-order valence-electron chi connectivity index (χ1n) is 4.68. The van der Waals surface area contributed by atoms with Crippen LogP contribution in [0.25, 0.3) is 0 Å². The Balaban J connectivity index is 2.12. The van der Waals surface area contributed by atoms with Gasteiger partial charge in [-0.05, 0) is 12.8 Å². The van der Waals surface area contributed by atoms with Gasteiger partial charge in [0.05, 0.1) is 0 Å². The summed E-state index contributed by atoms with van der Waals surface area (Å²) in [5, 5.41) is 0. The second kappa shape index (κ2) is 3.43. The Labute approximate surface area is 82.2 Å². The predicted molar refractivity (Wildman–Crippen MR) is 48.1 cm³/mol. The zero-order valence-electron chi connectivity index (χ0n) is 7.73. The quantitative estimate of drug-likeness (QED) is 0.455. The Morgan fingerprint density at radius 3 is 2.43 bits per heavy atom. The van der Waals surface area contributed by atoms with Crippen LogP contribution in [0.3, 0.4) is 0 Å². The van der Waals surface area contributed by atoms with Gasteiger partial charge in [0.25, 0.3) is 11.8 Å². The number of amides is 2. The number of nitrogens with zero attached hydrogens (tertiary/aromatic N) is 1. The first-order valence-corrected chi connectivity index (χ1v) is 4.68. The van der Waals surface area contributed by atoms with E-state index in [1.807, 2.05) is 0 Å². The molecule has 2 saturated heterocycles. The van der Waals surface area contributed by atoms with Crippen molar-refractivity contribution in [1.82, 2.24) is 4.90 Å². The monoisotopic (exact) mass is 193 g/mol. The van der Waals surface area contributed by atoms with Crippen LogP contribution in [0.2, 0.25) is 0 Å². The molecular weight excluding hydrogens is 182 g/mol. The van der Waals surface area contributed by atoms with Crippen molar-refractivity contribution >= 4 is 11.8 Å². The maximum atomic E-state index is 11.6. The second-order valence-corrected chi connectivity index (χ2v) is 3.47. The second-order valence-electron chi connectivity index (χ2n) is 3.47. The van der Waals surface area contributed by atoms with Crippen LogP contribution in [0.4, 0.5) is 0 Å². The highest BCUT2D eigenvalue weighted by molar-refractivity contribution is 6.02. The molecule has 0 spiro atoms. The molecule has 0 N–H and O–H groups in total. The van der Waals surface area contributed by atoms with Crippen LogP contribution in [-0.2, 0) is 14.3 Å². The number of terminal acetylenes is 1. The molecule has 4 heteroatoms. The molecule has 0 aromatic carbocycles. The van der Waals surface area contributed by atoms with Crippen molar-refractivity contribution in [3.8, 4) is 12.3 Å². The Bertz CT molecular complexity index is 296. The first-order chi connectivity index (χ1) is 6.74. The summed E-state index contributed by atoms with van der Waals surface area (Å²) < 4.78 is 5.24. The number of hydrogen-bond acceptors (Lipinski definition) is 3. The third-order valence-electron chi connectivity index (χ3n) is 2.58. The van der Waals surface area contributed by atoms with Gasteiger partial charge < -0.3 is 4.74 Å². The van der Waals surface area contributed by atoms with Crippen molar-refractivity contribution in [2.45, 2.75) is 31.5 Å². The fourth-order valence-corrected chi connectivity index (χ4v) is 1.85. The standard InChI is InChI=1S/C10H11NO3/c1-2-3-6-11-9(12)7-4-5-8(14-7)10(11)13/h1,7-8H,3-6H2.